The van der Waals surface area contributed by atoms with E-state index >= 15 is 0 Å². The lowest BCUT2D eigenvalue weighted by molar-refractivity contribution is 0.0461. The number of ether oxygens (including phenoxy) is 2. The van der Waals surface area contributed by atoms with Crippen molar-refractivity contribution in [2.45, 2.75) is 27.4 Å². The van der Waals surface area contributed by atoms with Crippen LogP contribution in [0.2, 0.25) is 5.02 Å². The fourth-order valence-electron chi connectivity index (χ4n) is 2.90. The predicted octanol–water partition coefficient (Wildman–Crippen LogP) is 3.06. The maximum Gasteiger partial charge on any atom is 0.355 e. The first-order valence-electron chi connectivity index (χ1n) is 8.53. The SMILES string of the molecule is CCOC(=O)c1[nH]c(C)c(C(=O)OCc2nc3cc(Cl)ccc3c(=O)[nH]2)c1C. The molecule has 0 aliphatic carbocycles. The van der Waals surface area contributed by atoms with Crippen molar-refractivity contribution in [3.05, 3.63) is 61.9 Å². The quantitative estimate of drug-likeness (QED) is 0.633. The first-order valence-corrected chi connectivity index (χ1v) is 8.91. The van der Waals surface area contributed by atoms with E-state index in [4.69, 9.17) is 21.1 Å². The zero-order chi connectivity index (χ0) is 20.4. The molecule has 0 saturated carbocycles. The molecule has 2 N–H and O–H groups in total. The van der Waals surface area contributed by atoms with Crippen LogP contribution in [0.5, 0.6) is 0 Å². The molecule has 0 atom stereocenters. The van der Waals surface area contributed by atoms with Gasteiger partial charge < -0.3 is 19.4 Å². The molecule has 0 unspecified atom stereocenters. The summed E-state index contributed by atoms with van der Waals surface area (Å²) in [5.41, 5.74) is 1.42. The smallest absolute Gasteiger partial charge is 0.355 e. The second-order valence-corrected chi connectivity index (χ2v) is 6.53. The molecule has 3 aromatic rings. The van der Waals surface area contributed by atoms with Gasteiger partial charge in [0.25, 0.3) is 5.56 Å². The molecule has 146 valence electrons. The van der Waals surface area contributed by atoms with Gasteiger partial charge in [0.1, 0.15) is 18.1 Å². The summed E-state index contributed by atoms with van der Waals surface area (Å²) < 4.78 is 10.3. The van der Waals surface area contributed by atoms with E-state index in [1.807, 2.05) is 0 Å². The Hall–Kier alpha value is -3.13. The maximum absolute atomic E-state index is 12.5. The van der Waals surface area contributed by atoms with Crippen molar-refractivity contribution in [3.8, 4) is 0 Å². The van der Waals surface area contributed by atoms with Crippen molar-refractivity contribution < 1.29 is 19.1 Å². The molecule has 9 heteroatoms. The van der Waals surface area contributed by atoms with Crippen LogP contribution in [0.15, 0.2) is 23.0 Å². The molecular weight excluding hydrogens is 386 g/mol. The van der Waals surface area contributed by atoms with E-state index in [0.29, 0.717) is 27.2 Å². The number of benzene rings is 1. The lowest BCUT2D eigenvalue weighted by Crippen LogP contribution is -2.15. The van der Waals surface area contributed by atoms with Gasteiger partial charge in [-0.05, 0) is 44.5 Å². The van der Waals surface area contributed by atoms with Crippen molar-refractivity contribution in [2.24, 2.45) is 0 Å². The van der Waals surface area contributed by atoms with E-state index in [1.54, 1.807) is 39.0 Å². The van der Waals surface area contributed by atoms with Gasteiger partial charge in [-0.25, -0.2) is 14.6 Å². The highest BCUT2D eigenvalue weighted by Gasteiger charge is 2.24. The summed E-state index contributed by atoms with van der Waals surface area (Å²) in [5, 5.41) is 0.828. The fourth-order valence-corrected chi connectivity index (χ4v) is 3.07. The molecule has 0 radical (unpaired) electrons. The molecule has 28 heavy (non-hydrogen) atoms. The standard InChI is InChI=1S/C19H18ClN3O5/c1-4-27-19(26)16-9(2)15(10(3)21-16)18(25)28-8-14-22-13-7-11(20)5-6-12(13)17(24)23-14/h5-7,21H,4,8H2,1-3H3,(H,22,23,24). The topological polar surface area (TPSA) is 114 Å². The van der Waals surface area contributed by atoms with Gasteiger partial charge in [0, 0.05) is 10.7 Å². The Bertz CT molecular complexity index is 1130. The van der Waals surface area contributed by atoms with E-state index in [9.17, 15) is 14.4 Å². The number of hydrogen-bond acceptors (Lipinski definition) is 6. The third-order valence-electron chi connectivity index (χ3n) is 4.18. The Kier molecular flexibility index (Phi) is 5.51. The van der Waals surface area contributed by atoms with Crippen LogP contribution in [-0.4, -0.2) is 33.5 Å². The molecule has 0 bridgehead atoms. The van der Waals surface area contributed by atoms with Gasteiger partial charge in [0.05, 0.1) is 23.1 Å². The van der Waals surface area contributed by atoms with Crippen LogP contribution < -0.4 is 5.56 Å². The van der Waals surface area contributed by atoms with Crippen LogP contribution >= 0.6 is 11.6 Å². The summed E-state index contributed by atoms with van der Waals surface area (Å²) >= 11 is 5.94. The number of carbonyl (C=O) groups excluding carboxylic acids is 2. The van der Waals surface area contributed by atoms with E-state index in [0.717, 1.165) is 0 Å². The fraction of sp³-hybridized carbons (Fsp3) is 0.263. The van der Waals surface area contributed by atoms with Crippen molar-refractivity contribution in [3.63, 3.8) is 0 Å². The van der Waals surface area contributed by atoms with Crippen LogP contribution in [-0.2, 0) is 16.1 Å². The highest BCUT2D eigenvalue weighted by atomic mass is 35.5. The molecular formula is C19H18ClN3O5. The number of aryl methyl sites for hydroxylation is 1. The molecule has 2 heterocycles. The number of nitrogens with zero attached hydrogens (tertiary/aromatic N) is 1. The van der Waals surface area contributed by atoms with Gasteiger partial charge in [-0.3, -0.25) is 4.79 Å². The molecule has 0 aliphatic rings. The monoisotopic (exact) mass is 403 g/mol. The minimum absolute atomic E-state index is 0.185. The molecule has 3 rings (SSSR count). The number of aromatic amines is 2. The summed E-state index contributed by atoms with van der Waals surface area (Å²) in [5.74, 6) is -1.00. The Labute approximate surface area is 164 Å². The summed E-state index contributed by atoms with van der Waals surface area (Å²) in [6, 6.07) is 4.73. The first-order chi connectivity index (χ1) is 13.3. The molecule has 2 aromatic heterocycles. The zero-order valence-electron chi connectivity index (χ0n) is 15.5. The molecule has 0 saturated heterocycles. The average molecular weight is 404 g/mol. The number of hydrogen-bond donors (Lipinski definition) is 2. The molecule has 8 nitrogen and oxygen atoms in total. The number of nitrogens with one attached hydrogen (secondary N) is 2. The van der Waals surface area contributed by atoms with Gasteiger partial charge >= 0.3 is 11.9 Å². The van der Waals surface area contributed by atoms with Crippen molar-refractivity contribution in [1.82, 2.24) is 15.0 Å². The van der Waals surface area contributed by atoms with Gasteiger partial charge in [0.2, 0.25) is 0 Å². The second kappa shape index (κ2) is 7.85. The molecule has 0 fully saturated rings. The van der Waals surface area contributed by atoms with Crippen molar-refractivity contribution >= 4 is 34.4 Å². The number of H-pyrrole nitrogens is 2. The van der Waals surface area contributed by atoms with E-state index in [-0.39, 0.29) is 35.9 Å². The molecule has 1 aromatic carbocycles. The van der Waals surface area contributed by atoms with Crippen LogP contribution in [0.3, 0.4) is 0 Å². The Morgan fingerprint density at radius 3 is 2.61 bits per heavy atom. The Morgan fingerprint density at radius 2 is 1.89 bits per heavy atom. The third-order valence-corrected chi connectivity index (χ3v) is 4.41. The summed E-state index contributed by atoms with van der Waals surface area (Å²) in [7, 11) is 0. The highest BCUT2D eigenvalue weighted by Crippen LogP contribution is 2.20. The minimum Gasteiger partial charge on any atom is -0.461 e. The van der Waals surface area contributed by atoms with Crippen LogP contribution in [0, 0.1) is 13.8 Å². The predicted molar refractivity (Wildman–Crippen MR) is 103 cm³/mol. The lowest BCUT2D eigenvalue weighted by Gasteiger charge is -2.06. The number of halogens is 1. The average Bonchev–Trinajstić information content (AvgIpc) is 2.94. The number of aromatic nitrogens is 3. The first kappa shape index (κ1) is 19.6. The molecule has 0 spiro atoms. The minimum atomic E-state index is -0.643. The number of carbonyl (C=O) groups is 2. The Balaban J connectivity index is 1.82. The van der Waals surface area contributed by atoms with Gasteiger partial charge in [0.15, 0.2) is 0 Å². The Morgan fingerprint density at radius 1 is 1.14 bits per heavy atom. The van der Waals surface area contributed by atoms with Gasteiger partial charge in [-0.2, -0.15) is 0 Å². The summed E-state index contributed by atoms with van der Waals surface area (Å²) in [6.45, 7) is 4.97. The van der Waals surface area contributed by atoms with E-state index < -0.39 is 11.9 Å². The number of rotatable bonds is 5. The molecule has 0 aliphatic heterocycles. The van der Waals surface area contributed by atoms with Crippen molar-refractivity contribution in [1.29, 1.82) is 0 Å². The van der Waals surface area contributed by atoms with Gasteiger partial charge in [-0.1, -0.05) is 11.6 Å². The largest absolute Gasteiger partial charge is 0.461 e. The zero-order valence-corrected chi connectivity index (χ0v) is 16.3. The third kappa shape index (κ3) is 3.77. The lowest BCUT2D eigenvalue weighted by atomic mass is 10.1. The molecule has 0 amide bonds. The second-order valence-electron chi connectivity index (χ2n) is 6.10. The van der Waals surface area contributed by atoms with Gasteiger partial charge in [-0.15, -0.1) is 0 Å². The summed E-state index contributed by atoms with van der Waals surface area (Å²) in [6.07, 6.45) is 0. The van der Waals surface area contributed by atoms with Crippen LogP contribution in [0.1, 0.15) is 44.9 Å². The normalized spacial score (nSPS) is 10.9. The van der Waals surface area contributed by atoms with Crippen LogP contribution in [0.25, 0.3) is 10.9 Å². The van der Waals surface area contributed by atoms with E-state index in [2.05, 4.69) is 15.0 Å². The van der Waals surface area contributed by atoms with Crippen molar-refractivity contribution in [2.75, 3.05) is 6.61 Å². The summed E-state index contributed by atoms with van der Waals surface area (Å²) in [4.78, 5) is 46.3. The van der Waals surface area contributed by atoms with E-state index in [1.165, 1.54) is 0 Å². The number of fused-ring (bicyclic) bond motifs is 1. The van der Waals surface area contributed by atoms with Crippen LogP contribution in [0.4, 0.5) is 0 Å². The highest BCUT2D eigenvalue weighted by molar-refractivity contribution is 6.31. The maximum atomic E-state index is 12.5. The number of esters is 2.